The molecule has 0 aromatic heterocycles. The predicted molar refractivity (Wildman–Crippen MR) is 117 cm³/mol. The number of hydrogen-bond donors (Lipinski definition) is 4. The highest BCUT2D eigenvalue weighted by Crippen LogP contribution is 2.57. The number of piperidine rings is 1. The normalized spacial score (nSPS) is 35.9. The second-order valence-electron chi connectivity index (χ2n) is 9.94. The fourth-order valence-corrected chi connectivity index (χ4v) is 6.19. The lowest BCUT2D eigenvalue weighted by Gasteiger charge is -2.62. The van der Waals surface area contributed by atoms with Crippen molar-refractivity contribution in [1.82, 2.24) is 20.4 Å². The van der Waals surface area contributed by atoms with Gasteiger partial charge < -0.3 is 20.4 Å². The van der Waals surface area contributed by atoms with Crippen molar-refractivity contribution in [3.05, 3.63) is 29.3 Å². The van der Waals surface area contributed by atoms with E-state index in [1.165, 1.54) is 0 Å². The van der Waals surface area contributed by atoms with Gasteiger partial charge in [-0.3, -0.25) is 15.0 Å². The standard InChI is InChI=1S/C23H34N4O4/c1-15-5-6-17(28)13-18(15)21-9-10-27(12-11-26(3)4)16(2)23(21,31)8-7-22(14-21)19(29)24-20(30)25-22/h5-6,13,16,28,31H,7-12,14H2,1-4H3,(H2,24,25,29,30)/t16?,21-,22+,23-/m1/s1. The predicted octanol–water partition coefficient (Wildman–Crippen LogP) is 1.09. The number of carbonyl (C=O) groups excluding carboxylic acids is 2. The number of fused-ring (bicyclic) bond motifs is 1. The maximum Gasteiger partial charge on any atom is 0.322 e. The molecule has 1 saturated carbocycles. The van der Waals surface area contributed by atoms with E-state index in [2.05, 4.69) is 27.4 Å². The molecule has 2 saturated heterocycles. The van der Waals surface area contributed by atoms with E-state index in [0.29, 0.717) is 25.7 Å². The zero-order valence-corrected chi connectivity index (χ0v) is 18.9. The molecule has 3 amide bonds. The van der Waals surface area contributed by atoms with Gasteiger partial charge in [0.1, 0.15) is 11.3 Å². The number of aliphatic hydroxyl groups is 1. The topological polar surface area (TPSA) is 105 Å². The summed E-state index contributed by atoms with van der Waals surface area (Å²) >= 11 is 0. The number of amides is 3. The van der Waals surface area contributed by atoms with Gasteiger partial charge in [-0.2, -0.15) is 0 Å². The van der Waals surface area contributed by atoms with Crippen LogP contribution in [0.3, 0.4) is 0 Å². The van der Waals surface area contributed by atoms with Crippen LogP contribution in [0.2, 0.25) is 0 Å². The molecule has 2 aliphatic heterocycles. The number of benzene rings is 1. The highest BCUT2D eigenvalue weighted by molar-refractivity contribution is 6.07. The quantitative estimate of drug-likeness (QED) is 0.533. The van der Waals surface area contributed by atoms with Gasteiger partial charge in [0.2, 0.25) is 0 Å². The number of aromatic hydroxyl groups is 1. The molecule has 3 aliphatic rings. The maximum absolute atomic E-state index is 12.8. The van der Waals surface area contributed by atoms with E-state index in [1.54, 1.807) is 12.1 Å². The van der Waals surface area contributed by atoms with Crippen LogP contribution in [0.5, 0.6) is 5.75 Å². The molecule has 4 N–H and O–H groups in total. The third kappa shape index (κ3) is 3.32. The monoisotopic (exact) mass is 430 g/mol. The number of rotatable bonds is 4. The summed E-state index contributed by atoms with van der Waals surface area (Å²) in [5, 5.41) is 27.9. The molecule has 8 heteroatoms. The molecule has 8 nitrogen and oxygen atoms in total. The third-order valence-electron chi connectivity index (χ3n) is 8.02. The van der Waals surface area contributed by atoms with Crippen LogP contribution in [0.25, 0.3) is 0 Å². The summed E-state index contributed by atoms with van der Waals surface area (Å²) in [6.45, 7) is 6.53. The van der Waals surface area contributed by atoms with Gasteiger partial charge in [0.15, 0.2) is 0 Å². The largest absolute Gasteiger partial charge is 0.508 e. The molecule has 170 valence electrons. The van der Waals surface area contributed by atoms with Crippen LogP contribution in [-0.4, -0.2) is 82.9 Å². The van der Waals surface area contributed by atoms with Crippen LogP contribution in [0, 0.1) is 6.92 Å². The highest BCUT2D eigenvalue weighted by atomic mass is 16.3. The molecule has 1 unspecified atom stereocenters. The first-order valence-electron chi connectivity index (χ1n) is 11.1. The molecule has 31 heavy (non-hydrogen) atoms. The molecule has 2 heterocycles. The van der Waals surface area contributed by atoms with Gasteiger partial charge in [0.05, 0.1) is 5.60 Å². The lowest BCUT2D eigenvalue weighted by Crippen LogP contribution is -2.73. The van der Waals surface area contributed by atoms with Crippen LogP contribution in [0.15, 0.2) is 18.2 Å². The van der Waals surface area contributed by atoms with Crippen molar-refractivity contribution in [1.29, 1.82) is 0 Å². The lowest BCUT2D eigenvalue weighted by atomic mass is 9.49. The number of nitrogens with one attached hydrogen (secondary N) is 2. The Labute approximate surface area is 183 Å². The number of phenols is 1. The highest BCUT2D eigenvalue weighted by Gasteiger charge is 2.66. The third-order valence-corrected chi connectivity index (χ3v) is 8.02. The Morgan fingerprint density at radius 2 is 1.97 bits per heavy atom. The Morgan fingerprint density at radius 3 is 2.61 bits per heavy atom. The number of urea groups is 1. The van der Waals surface area contributed by atoms with Crippen molar-refractivity contribution in [2.75, 3.05) is 33.7 Å². The molecule has 1 aromatic rings. The van der Waals surface area contributed by atoms with Crippen molar-refractivity contribution in [3.63, 3.8) is 0 Å². The maximum atomic E-state index is 12.8. The van der Waals surface area contributed by atoms with Crippen LogP contribution in [0.4, 0.5) is 4.79 Å². The minimum Gasteiger partial charge on any atom is -0.508 e. The number of likely N-dealkylation sites (N-methyl/N-ethyl adjacent to an activating group) is 1. The van der Waals surface area contributed by atoms with Crippen molar-refractivity contribution in [2.24, 2.45) is 0 Å². The molecule has 4 rings (SSSR count). The number of hydrogen-bond acceptors (Lipinski definition) is 6. The lowest BCUT2D eigenvalue weighted by molar-refractivity contribution is -0.170. The molecule has 0 bridgehead atoms. The Bertz CT molecular complexity index is 906. The van der Waals surface area contributed by atoms with E-state index < -0.39 is 22.6 Å². The first-order chi connectivity index (χ1) is 14.5. The summed E-state index contributed by atoms with van der Waals surface area (Å²) in [4.78, 5) is 29.3. The van der Waals surface area contributed by atoms with E-state index in [-0.39, 0.29) is 17.7 Å². The summed E-state index contributed by atoms with van der Waals surface area (Å²) in [7, 11) is 4.07. The minimum absolute atomic E-state index is 0.138. The Morgan fingerprint density at radius 1 is 1.23 bits per heavy atom. The molecular formula is C23H34N4O4. The molecule has 1 aliphatic carbocycles. The Hall–Kier alpha value is -2.16. The molecular weight excluding hydrogens is 396 g/mol. The summed E-state index contributed by atoms with van der Waals surface area (Å²) in [5.41, 5.74) is -1.08. The molecule has 3 fully saturated rings. The van der Waals surface area contributed by atoms with Crippen molar-refractivity contribution in [2.45, 2.75) is 62.1 Å². The zero-order valence-electron chi connectivity index (χ0n) is 18.9. The molecule has 1 aromatic carbocycles. The van der Waals surface area contributed by atoms with Gasteiger partial charge in [-0.05, 0) is 83.4 Å². The summed E-state index contributed by atoms with van der Waals surface area (Å²) in [6, 6.07) is 4.62. The average Bonchev–Trinajstić information content (AvgIpc) is 2.97. The summed E-state index contributed by atoms with van der Waals surface area (Å²) < 4.78 is 0. The number of aryl methyl sites for hydroxylation is 1. The summed E-state index contributed by atoms with van der Waals surface area (Å²) in [5.74, 6) is -0.182. The number of nitrogens with zero attached hydrogens (tertiary/aromatic N) is 2. The van der Waals surface area contributed by atoms with Crippen molar-refractivity contribution < 1.29 is 19.8 Å². The van der Waals surface area contributed by atoms with E-state index >= 15 is 0 Å². The van der Waals surface area contributed by atoms with E-state index in [9.17, 15) is 19.8 Å². The number of likely N-dealkylation sites (tertiary alicyclic amines) is 1. The van der Waals surface area contributed by atoms with Crippen molar-refractivity contribution >= 4 is 11.9 Å². The SMILES string of the molecule is Cc1ccc(O)cc1[C@]12CCN(CCN(C)C)C(C)[C@]1(O)CC[C@@]1(C2)NC(=O)NC1=O. The Kier molecular flexibility index (Phi) is 5.31. The van der Waals surface area contributed by atoms with E-state index in [0.717, 1.165) is 30.8 Å². The zero-order chi connectivity index (χ0) is 22.6. The first-order valence-corrected chi connectivity index (χ1v) is 11.1. The van der Waals surface area contributed by atoms with Gasteiger partial charge in [0.25, 0.3) is 5.91 Å². The second kappa shape index (κ2) is 7.46. The molecule has 4 atom stereocenters. The fourth-order valence-electron chi connectivity index (χ4n) is 6.19. The average molecular weight is 431 g/mol. The first kappa shape index (κ1) is 22.0. The van der Waals surface area contributed by atoms with E-state index in [1.807, 2.05) is 27.1 Å². The number of imide groups is 1. The second-order valence-corrected chi connectivity index (χ2v) is 9.94. The Balaban J connectivity index is 1.81. The molecule has 0 radical (unpaired) electrons. The van der Waals surface area contributed by atoms with Gasteiger partial charge in [-0.25, -0.2) is 4.79 Å². The number of phenolic OH excluding ortho intramolecular Hbond substituents is 1. The van der Waals surface area contributed by atoms with E-state index in [4.69, 9.17) is 0 Å². The number of carbonyl (C=O) groups is 2. The fraction of sp³-hybridized carbons (Fsp3) is 0.652. The smallest absolute Gasteiger partial charge is 0.322 e. The van der Waals surface area contributed by atoms with Crippen LogP contribution < -0.4 is 10.6 Å². The van der Waals surface area contributed by atoms with Crippen LogP contribution >= 0.6 is 0 Å². The van der Waals surface area contributed by atoms with Gasteiger partial charge in [-0.1, -0.05) is 6.07 Å². The van der Waals surface area contributed by atoms with Crippen molar-refractivity contribution in [3.8, 4) is 5.75 Å². The molecule has 1 spiro atoms. The van der Waals surface area contributed by atoms with Gasteiger partial charge in [0, 0.05) is 24.5 Å². The van der Waals surface area contributed by atoms with Crippen LogP contribution in [-0.2, 0) is 10.2 Å². The minimum atomic E-state index is -1.10. The van der Waals surface area contributed by atoms with Gasteiger partial charge >= 0.3 is 6.03 Å². The summed E-state index contributed by atoms with van der Waals surface area (Å²) in [6.07, 6.45) is 1.71. The van der Waals surface area contributed by atoms with Crippen LogP contribution in [0.1, 0.15) is 43.7 Å². The van der Waals surface area contributed by atoms with Gasteiger partial charge in [-0.15, -0.1) is 0 Å².